The Morgan fingerprint density at radius 1 is 1.33 bits per heavy atom. The molecule has 0 radical (unpaired) electrons. The van der Waals surface area contributed by atoms with Gasteiger partial charge in [-0.2, -0.15) is 0 Å². The largest absolute Gasteiger partial charge is 0.369 e. The van der Waals surface area contributed by atoms with Crippen LogP contribution in [-0.4, -0.2) is 22.4 Å². The van der Waals surface area contributed by atoms with Gasteiger partial charge in [-0.15, -0.1) is 0 Å². The molecule has 0 bridgehead atoms. The fourth-order valence-electron chi connectivity index (χ4n) is 1.77. The van der Waals surface area contributed by atoms with Crippen molar-refractivity contribution < 1.29 is 4.79 Å². The Kier molecular flexibility index (Phi) is 5.27. The molecule has 6 heteroatoms. The van der Waals surface area contributed by atoms with E-state index >= 15 is 0 Å². The van der Waals surface area contributed by atoms with E-state index in [2.05, 4.69) is 43.5 Å². The normalized spacial score (nSPS) is 10.2. The molecular weight excluding hydrogens is 332 g/mol. The highest BCUT2D eigenvalue weighted by Gasteiger charge is 2.13. The average Bonchev–Trinajstić information content (AvgIpc) is 2.49. The third-order valence-corrected chi connectivity index (χ3v) is 3.70. The summed E-state index contributed by atoms with van der Waals surface area (Å²) in [6.07, 6.45) is 2.63. The van der Waals surface area contributed by atoms with Crippen molar-refractivity contribution in [2.45, 2.75) is 20.3 Å². The van der Waals surface area contributed by atoms with Crippen LogP contribution in [0, 0.1) is 6.92 Å². The van der Waals surface area contributed by atoms with Gasteiger partial charge in [0.15, 0.2) is 0 Å². The topological polar surface area (TPSA) is 66.9 Å². The third-order valence-electron chi connectivity index (χ3n) is 2.86. The lowest BCUT2D eigenvalue weighted by Crippen LogP contribution is -2.16. The number of rotatable bonds is 5. The molecule has 0 aliphatic rings. The van der Waals surface area contributed by atoms with Crippen molar-refractivity contribution in [2.75, 3.05) is 17.2 Å². The Bertz CT molecular complexity index is 645. The lowest BCUT2D eigenvalue weighted by atomic mass is 10.2. The summed E-state index contributed by atoms with van der Waals surface area (Å²) in [5.74, 6) is 0.882. The number of nitrogens with one attached hydrogen (secondary N) is 2. The SMILES string of the molecule is CCCNc1ncccc1C(=O)Nc1ccc(Br)c(C)n1. The Morgan fingerprint density at radius 2 is 2.14 bits per heavy atom. The summed E-state index contributed by atoms with van der Waals surface area (Å²) in [5, 5.41) is 5.94. The van der Waals surface area contributed by atoms with Gasteiger partial charge in [-0.1, -0.05) is 6.92 Å². The van der Waals surface area contributed by atoms with E-state index in [1.165, 1.54) is 0 Å². The van der Waals surface area contributed by atoms with E-state index in [1.807, 2.05) is 13.0 Å². The Morgan fingerprint density at radius 3 is 2.86 bits per heavy atom. The van der Waals surface area contributed by atoms with Gasteiger partial charge < -0.3 is 10.6 Å². The second kappa shape index (κ2) is 7.17. The molecule has 2 aromatic heterocycles. The molecule has 0 unspecified atom stereocenters. The number of amides is 1. The van der Waals surface area contributed by atoms with Gasteiger partial charge in [0.1, 0.15) is 11.6 Å². The van der Waals surface area contributed by atoms with Gasteiger partial charge in [0.2, 0.25) is 0 Å². The lowest BCUT2D eigenvalue weighted by molar-refractivity contribution is 0.102. The standard InChI is InChI=1S/C15H17BrN4O/c1-3-8-17-14-11(5-4-9-18-14)15(21)20-13-7-6-12(16)10(2)19-13/h4-7,9H,3,8H2,1-2H3,(H,17,18)(H,19,20,21). The number of aryl methyl sites for hydroxylation is 1. The lowest BCUT2D eigenvalue weighted by Gasteiger charge is -2.10. The number of hydrogen-bond donors (Lipinski definition) is 2. The molecule has 2 heterocycles. The van der Waals surface area contributed by atoms with Crippen LogP contribution in [0.3, 0.4) is 0 Å². The van der Waals surface area contributed by atoms with E-state index in [0.29, 0.717) is 17.2 Å². The van der Waals surface area contributed by atoms with Gasteiger partial charge in [0.25, 0.3) is 5.91 Å². The van der Waals surface area contributed by atoms with Gasteiger partial charge >= 0.3 is 0 Å². The molecular formula is C15H17BrN4O. The van der Waals surface area contributed by atoms with E-state index < -0.39 is 0 Å². The van der Waals surface area contributed by atoms with E-state index in [1.54, 1.807) is 24.4 Å². The molecule has 5 nitrogen and oxygen atoms in total. The zero-order chi connectivity index (χ0) is 15.2. The monoisotopic (exact) mass is 348 g/mol. The summed E-state index contributed by atoms with van der Waals surface area (Å²) < 4.78 is 0.909. The van der Waals surface area contributed by atoms with Crippen LogP contribution in [-0.2, 0) is 0 Å². The maximum atomic E-state index is 12.4. The quantitative estimate of drug-likeness (QED) is 0.865. The first kappa shape index (κ1) is 15.4. The van der Waals surface area contributed by atoms with E-state index in [-0.39, 0.29) is 5.91 Å². The first-order valence-corrected chi connectivity index (χ1v) is 7.54. The number of carbonyl (C=O) groups is 1. The number of anilines is 2. The molecule has 0 aliphatic heterocycles. The predicted octanol–water partition coefficient (Wildman–Crippen LogP) is 3.62. The molecule has 1 amide bonds. The number of carbonyl (C=O) groups excluding carboxylic acids is 1. The minimum absolute atomic E-state index is 0.226. The fraction of sp³-hybridized carbons (Fsp3) is 0.267. The van der Waals surface area contributed by atoms with Gasteiger partial charge in [0, 0.05) is 17.2 Å². The van der Waals surface area contributed by atoms with Crippen molar-refractivity contribution in [1.82, 2.24) is 9.97 Å². The van der Waals surface area contributed by atoms with E-state index in [4.69, 9.17) is 0 Å². The smallest absolute Gasteiger partial charge is 0.260 e. The molecule has 21 heavy (non-hydrogen) atoms. The number of aromatic nitrogens is 2. The third kappa shape index (κ3) is 4.01. The Labute approximate surface area is 132 Å². The molecule has 2 rings (SSSR count). The van der Waals surface area contributed by atoms with Crippen LogP contribution in [0.2, 0.25) is 0 Å². The second-order valence-electron chi connectivity index (χ2n) is 4.54. The highest BCUT2D eigenvalue weighted by atomic mass is 79.9. The minimum atomic E-state index is -0.226. The van der Waals surface area contributed by atoms with Crippen molar-refractivity contribution in [3.8, 4) is 0 Å². The van der Waals surface area contributed by atoms with Crippen LogP contribution in [0.15, 0.2) is 34.9 Å². The molecule has 0 saturated heterocycles. The van der Waals surface area contributed by atoms with Crippen molar-refractivity contribution in [2.24, 2.45) is 0 Å². The number of halogens is 1. The van der Waals surface area contributed by atoms with Gasteiger partial charge in [-0.05, 0) is 53.5 Å². The molecule has 2 N–H and O–H groups in total. The van der Waals surface area contributed by atoms with Gasteiger partial charge in [-0.3, -0.25) is 4.79 Å². The predicted molar refractivity (Wildman–Crippen MR) is 87.6 cm³/mol. The summed E-state index contributed by atoms with van der Waals surface area (Å²) in [6.45, 7) is 4.70. The van der Waals surface area contributed by atoms with E-state index in [0.717, 1.165) is 23.1 Å². The van der Waals surface area contributed by atoms with Crippen LogP contribution < -0.4 is 10.6 Å². The molecule has 0 saturated carbocycles. The van der Waals surface area contributed by atoms with Crippen molar-refractivity contribution in [3.05, 3.63) is 46.2 Å². The number of pyridine rings is 2. The van der Waals surface area contributed by atoms with Gasteiger partial charge in [0.05, 0.1) is 11.3 Å². The van der Waals surface area contributed by atoms with Crippen molar-refractivity contribution in [3.63, 3.8) is 0 Å². The molecule has 110 valence electrons. The van der Waals surface area contributed by atoms with Crippen LogP contribution >= 0.6 is 15.9 Å². The van der Waals surface area contributed by atoms with Crippen LogP contribution in [0.25, 0.3) is 0 Å². The Balaban J connectivity index is 2.18. The summed E-state index contributed by atoms with van der Waals surface area (Å²) >= 11 is 3.39. The molecule has 2 aromatic rings. The minimum Gasteiger partial charge on any atom is -0.369 e. The summed E-state index contributed by atoms with van der Waals surface area (Å²) in [4.78, 5) is 20.9. The van der Waals surface area contributed by atoms with Gasteiger partial charge in [-0.25, -0.2) is 9.97 Å². The average molecular weight is 349 g/mol. The van der Waals surface area contributed by atoms with E-state index in [9.17, 15) is 4.79 Å². The van der Waals surface area contributed by atoms with Crippen LogP contribution in [0.4, 0.5) is 11.6 Å². The highest BCUT2D eigenvalue weighted by Crippen LogP contribution is 2.18. The molecule has 0 atom stereocenters. The summed E-state index contributed by atoms with van der Waals surface area (Å²) in [6, 6.07) is 7.10. The fourth-order valence-corrected chi connectivity index (χ4v) is 1.99. The first-order chi connectivity index (χ1) is 10.1. The Hall–Kier alpha value is -1.95. The number of hydrogen-bond acceptors (Lipinski definition) is 4. The zero-order valence-electron chi connectivity index (χ0n) is 12.0. The molecule has 0 aliphatic carbocycles. The van der Waals surface area contributed by atoms with Crippen molar-refractivity contribution in [1.29, 1.82) is 0 Å². The first-order valence-electron chi connectivity index (χ1n) is 6.75. The maximum Gasteiger partial charge on any atom is 0.260 e. The van der Waals surface area contributed by atoms with Crippen molar-refractivity contribution >= 4 is 33.5 Å². The second-order valence-corrected chi connectivity index (χ2v) is 5.40. The molecule has 0 fully saturated rings. The molecule has 0 aromatic carbocycles. The zero-order valence-corrected chi connectivity index (χ0v) is 13.6. The van der Waals surface area contributed by atoms with Crippen LogP contribution in [0.1, 0.15) is 29.4 Å². The maximum absolute atomic E-state index is 12.4. The summed E-state index contributed by atoms with van der Waals surface area (Å²) in [5.41, 5.74) is 1.33. The highest BCUT2D eigenvalue weighted by molar-refractivity contribution is 9.10. The van der Waals surface area contributed by atoms with Crippen LogP contribution in [0.5, 0.6) is 0 Å². The summed E-state index contributed by atoms with van der Waals surface area (Å²) in [7, 11) is 0. The number of nitrogens with zero attached hydrogens (tertiary/aromatic N) is 2. The molecule has 0 spiro atoms.